The number of likely N-dealkylation sites (N-methyl/N-ethyl adjacent to an activating group) is 1. The van der Waals surface area contributed by atoms with Crippen molar-refractivity contribution in [3.8, 4) is 5.75 Å². The van der Waals surface area contributed by atoms with Gasteiger partial charge in [0.25, 0.3) is 0 Å². The van der Waals surface area contributed by atoms with Gasteiger partial charge >= 0.3 is 0 Å². The second-order valence-corrected chi connectivity index (χ2v) is 10.2. The zero-order chi connectivity index (χ0) is 25.5. The number of nitrogens with one attached hydrogen (secondary N) is 1. The lowest BCUT2D eigenvalue weighted by Crippen LogP contribution is -2.52. The third kappa shape index (κ3) is 6.96. The second-order valence-electron chi connectivity index (χ2n) is 8.25. The Morgan fingerprint density at radius 2 is 1.79 bits per heavy atom. The summed E-state index contributed by atoms with van der Waals surface area (Å²) in [5, 5.41) is 2.78. The highest BCUT2D eigenvalue weighted by Gasteiger charge is 2.32. The summed E-state index contributed by atoms with van der Waals surface area (Å²) in [5.74, 6) is -0.116. The minimum Gasteiger partial charge on any atom is -0.497 e. The summed E-state index contributed by atoms with van der Waals surface area (Å²) in [6.07, 6.45) is 1.46. The summed E-state index contributed by atoms with van der Waals surface area (Å²) in [5.41, 5.74) is 2.83. The molecule has 0 fully saturated rings. The fraction of sp³-hybridized carbons (Fsp3) is 0.440. The van der Waals surface area contributed by atoms with Crippen molar-refractivity contribution in [2.24, 2.45) is 0 Å². The Morgan fingerprint density at radius 3 is 2.38 bits per heavy atom. The number of rotatable bonds is 11. The van der Waals surface area contributed by atoms with Crippen molar-refractivity contribution in [2.45, 2.75) is 46.7 Å². The molecule has 0 aliphatic carbocycles. The van der Waals surface area contributed by atoms with Crippen LogP contribution in [0.5, 0.6) is 5.75 Å². The number of carbonyl (C=O) groups excluding carboxylic acids is 2. The van der Waals surface area contributed by atoms with E-state index in [9.17, 15) is 18.0 Å². The number of aryl methyl sites for hydroxylation is 2. The molecule has 0 aliphatic rings. The molecule has 0 heterocycles. The van der Waals surface area contributed by atoms with E-state index < -0.39 is 28.5 Å². The highest BCUT2D eigenvalue weighted by atomic mass is 32.2. The standard InChI is InChI=1S/C25H35N3O5S/c1-7-22(25(30)26-8-2)27(16-20-10-9-11-21(15-20)33-5)24(29)17-28(34(6,31)32)23-14-18(3)12-13-19(23)4/h9-15,22H,7-8,16-17H2,1-6H3,(H,26,30)/t22-/m1/s1. The molecule has 0 bridgehead atoms. The van der Waals surface area contributed by atoms with Gasteiger partial charge in [-0.15, -0.1) is 0 Å². The predicted octanol–water partition coefficient (Wildman–Crippen LogP) is 3.02. The molecule has 0 spiro atoms. The maximum atomic E-state index is 13.6. The van der Waals surface area contributed by atoms with Crippen LogP contribution in [0.25, 0.3) is 0 Å². The summed E-state index contributed by atoms with van der Waals surface area (Å²) in [6.45, 7) is 7.45. The van der Waals surface area contributed by atoms with Crippen LogP contribution in [0, 0.1) is 13.8 Å². The number of benzene rings is 2. The molecule has 2 aromatic carbocycles. The van der Waals surface area contributed by atoms with Crippen LogP contribution in [-0.2, 0) is 26.2 Å². The molecule has 186 valence electrons. The van der Waals surface area contributed by atoms with Crippen LogP contribution in [0.3, 0.4) is 0 Å². The third-order valence-electron chi connectivity index (χ3n) is 5.54. The van der Waals surface area contributed by atoms with Gasteiger partial charge in [-0.2, -0.15) is 0 Å². The Balaban J connectivity index is 2.49. The monoisotopic (exact) mass is 489 g/mol. The number of anilines is 1. The molecule has 1 atom stereocenters. The molecule has 9 heteroatoms. The van der Waals surface area contributed by atoms with E-state index in [1.54, 1.807) is 32.2 Å². The Labute approximate surface area is 202 Å². The fourth-order valence-electron chi connectivity index (χ4n) is 3.76. The van der Waals surface area contributed by atoms with Gasteiger partial charge in [0, 0.05) is 13.1 Å². The summed E-state index contributed by atoms with van der Waals surface area (Å²) >= 11 is 0. The number of nitrogens with zero attached hydrogens (tertiary/aromatic N) is 2. The first-order valence-corrected chi connectivity index (χ1v) is 13.1. The smallest absolute Gasteiger partial charge is 0.244 e. The van der Waals surface area contributed by atoms with Crippen molar-refractivity contribution in [3.63, 3.8) is 0 Å². The Morgan fingerprint density at radius 1 is 1.09 bits per heavy atom. The van der Waals surface area contributed by atoms with E-state index >= 15 is 0 Å². The zero-order valence-corrected chi connectivity index (χ0v) is 21.6. The normalized spacial score (nSPS) is 12.1. The minimum atomic E-state index is -3.77. The summed E-state index contributed by atoms with van der Waals surface area (Å²) in [6, 6.07) is 11.9. The first-order chi connectivity index (χ1) is 16.0. The molecule has 0 aromatic heterocycles. The van der Waals surface area contributed by atoms with Gasteiger partial charge in [-0.05, 0) is 62.1 Å². The van der Waals surface area contributed by atoms with Crippen LogP contribution >= 0.6 is 0 Å². The molecule has 0 saturated heterocycles. The van der Waals surface area contributed by atoms with Gasteiger partial charge < -0.3 is 15.0 Å². The second kappa shape index (κ2) is 11.9. The van der Waals surface area contributed by atoms with Gasteiger partial charge in [0.15, 0.2) is 0 Å². The number of hydrogen-bond acceptors (Lipinski definition) is 5. The highest BCUT2D eigenvalue weighted by molar-refractivity contribution is 7.92. The number of amides is 2. The highest BCUT2D eigenvalue weighted by Crippen LogP contribution is 2.25. The average molecular weight is 490 g/mol. The van der Waals surface area contributed by atoms with E-state index in [-0.39, 0.29) is 12.5 Å². The van der Waals surface area contributed by atoms with Crippen LogP contribution in [0.15, 0.2) is 42.5 Å². The number of ether oxygens (including phenoxy) is 1. The number of carbonyl (C=O) groups is 2. The Hall–Kier alpha value is -3.07. The van der Waals surface area contributed by atoms with Crippen molar-refractivity contribution in [3.05, 3.63) is 59.2 Å². The van der Waals surface area contributed by atoms with Crippen LogP contribution in [0.4, 0.5) is 5.69 Å². The molecule has 0 saturated carbocycles. The molecule has 1 N–H and O–H groups in total. The molecule has 2 amide bonds. The van der Waals surface area contributed by atoms with Gasteiger partial charge in [0.2, 0.25) is 21.8 Å². The van der Waals surface area contributed by atoms with E-state index in [2.05, 4.69) is 5.32 Å². The van der Waals surface area contributed by atoms with Crippen molar-refractivity contribution >= 4 is 27.5 Å². The van der Waals surface area contributed by atoms with Crippen LogP contribution in [0.1, 0.15) is 37.0 Å². The fourth-order valence-corrected chi connectivity index (χ4v) is 4.66. The lowest BCUT2D eigenvalue weighted by atomic mass is 10.1. The lowest BCUT2D eigenvalue weighted by Gasteiger charge is -2.33. The van der Waals surface area contributed by atoms with Crippen LogP contribution in [0.2, 0.25) is 0 Å². The molecule has 2 aromatic rings. The van der Waals surface area contributed by atoms with Gasteiger partial charge in [0.05, 0.1) is 19.1 Å². The number of methoxy groups -OCH3 is 1. The van der Waals surface area contributed by atoms with Crippen molar-refractivity contribution in [1.29, 1.82) is 0 Å². The van der Waals surface area contributed by atoms with E-state index in [1.165, 1.54) is 4.90 Å². The molecule has 0 aliphatic heterocycles. The summed E-state index contributed by atoms with van der Waals surface area (Å²) < 4.78 is 31.9. The van der Waals surface area contributed by atoms with Crippen LogP contribution in [-0.4, -0.2) is 57.6 Å². The number of hydrogen-bond donors (Lipinski definition) is 1. The Bertz CT molecular complexity index is 1120. The first kappa shape index (κ1) is 27.2. The van der Waals surface area contributed by atoms with E-state index in [0.29, 0.717) is 24.4 Å². The maximum absolute atomic E-state index is 13.6. The molecule has 2 rings (SSSR count). The van der Waals surface area contributed by atoms with Crippen molar-refractivity contribution in [2.75, 3.05) is 30.8 Å². The molecule has 34 heavy (non-hydrogen) atoms. The molecular formula is C25H35N3O5S. The number of sulfonamides is 1. The average Bonchev–Trinajstić information content (AvgIpc) is 2.78. The summed E-state index contributed by atoms with van der Waals surface area (Å²) in [4.78, 5) is 27.9. The molecule has 8 nitrogen and oxygen atoms in total. The van der Waals surface area contributed by atoms with Crippen molar-refractivity contribution < 1.29 is 22.7 Å². The predicted molar refractivity (Wildman–Crippen MR) is 134 cm³/mol. The molecule has 0 radical (unpaired) electrons. The maximum Gasteiger partial charge on any atom is 0.244 e. The molecule has 0 unspecified atom stereocenters. The van der Waals surface area contributed by atoms with Gasteiger partial charge in [0.1, 0.15) is 18.3 Å². The van der Waals surface area contributed by atoms with Crippen LogP contribution < -0.4 is 14.4 Å². The largest absolute Gasteiger partial charge is 0.497 e. The Kier molecular flexibility index (Phi) is 9.49. The molecular weight excluding hydrogens is 454 g/mol. The quantitative estimate of drug-likeness (QED) is 0.523. The SMILES string of the molecule is CCNC(=O)[C@@H](CC)N(Cc1cccc(OC)c1)C(=O)CN(c1cc(C)ccc1C)S(C)(=O)=O. The zero-order valence-electron chi connectivity index (χ0n) is 20.8. The van der Waals surface area contributed by atoms with E-state index in [0.717, 1.165) is 27.3 Å². The lowest BCUT2D eigenvalue weighted by molar-refractivity contribution is -0.140. The van der Waals surface area contributed by atoms with Gasteiger partial charge in [-0.1, -0.05) is 31.2 Å². The third-order valence-corrected chi connectivity index (χ3v) is 6.66. The van der Waals surface area contributed by atoms with Gasteiger partial charge in [-0.3, -0.25) is 13.9 Å². The van der Waals surface area contributed by atoms with Crippen molar-refractivity contribution in [1.82, 2.24) is 10.2 Å². The van der Waals surface area contributed by atoms with E-state index in [1.807, 2.05) is 45.0 Å². The topological polar surface area (TPSA) is 96.0 Å². The van der Waals surface area contributed by atoms with Gasteiger partial charge in [-0.25, -0.2) is 8.42 Å². The minimum absolute atomic E-state index is 0.135. The van der Waals surface area contributed by atoms with E-state index in [4.69, 9.17) is 4.74 Å². The first-order valence-electron chi connectivity index (χ1n) is 11.3. The summed E-state index contributed by atoms with van der Waals surface area (Å²) in [7, 11) is -2.21.